The quantitative estimate of drug-likeness (QED) is 0.942. The minimum Gasteiger partial charge on any atom is -0.364 e. The van der Waals surface area contributed by atoms with Crippen molar-refractivity contribution in [2.24, 2.45) is 0 Å². The van der Waals surface area contributed by atoms with Crippen molar-refractivity contribution in [2.45, 2.75) is 18.9 Å². The van der Waals surface area contributed by atoms with Gasteiger partial charge in [0.15, 0.2) is 11.0 Å². The smallest absolute Gasteiger partial charge is 0.159 e. The van der Waals surface area contributed by atoms with E-state index in [0.29, 0.717) is 11.7 Å². The Hall–Kier alpha value is -1.46. The number of fused-ring (bicyclic) bond motifs is 1. The van der Waals surface area contributed by atoms with Crippen molar-refractivity contribution in [3.05, 3.63) is 29.4 Å². The number of halogens is 2. The van der Waals surface area contributed by atoms with E-state index in [9.17, 15) is 4.39 Å². The Balaban J connectivity index is 1.80. The first kappa shape index (κ1) is 14.5. The van der Waals surface area contributed by atoms with Crippen molar-refractivity contribution in [3.63, 3.8) is 0 Å². The molecule has 0 saturated carbocycles. The molecule has 0 spiro atoms. The summed E-state index contributed by atoms with van der Waals surface area (Å²) in [6.45, 7) is 2.01. The molecule has 1 aromatic carbocycles. The molecule has 1 atom stereocenters. The Labute approximate surface area is 128 Å². The zero-order chi connectivity index (χ0) is 14.7. The summed E-state index contributed by atoms with van der Waals surface area (Å²) in [5, 5.41) is 13.9. The fraction of sp³-hybridized carbons (Fsp3) is 0.467. The standard InChI is InChI=1S/C15H18ClFN4/c16-14-12-5-1-2-6-13(12)15(20-19-14)18-11-4-3-8-21(10-11)9-7-17/h1-2,5-6,11H,3-4,7-10H2,(H,18,20)/t11-/m1/s1. The molecule has 4 nitrogen and oxygen atoms in total. The topological polar surface area (TPSA) is 41.0 Å². The number of hydrogen-bond acceptors (Lipinski definition) is 4. The Morgan fingerprint density at radius 3 is 2.90 bits per heavy atom. The zero-order valence-electron chi connectivity index (χ0n) is 11.7. The van der Waals surface area contributed by atoms with Gasteiger partial charge in [0, 0.05) is 29.9 Å². The largest absolute Gasteiger partial charge is 0.364 e. The fourth-order valence-electron chi connectivity index (χ4n) is 2.87. The second-order valence-electron chi connectivity index (χ2n) is 5.36. The molecule has 6 heteroatoms. The molecule has 2 heterocycles. The lowest BCUT2D eigenvalue weighted by molar-refractivity contribution is 0.200. The molecule has 2 aromatic rings. The normalized spacial score (nSPS) is 19.8. The van der Waals surface area contributed by atoms with Crippen molar-refractivity contribution in [2.75, 3.05) is 31.6 Å². The van der Waals surface area contributed by atoms with Gasteiger partial charge in [-0.15, -0.1) is 10.2 Å². The van der Waals surface area contributed by atoms with Gasteiger partial charge in [0.25, 0.3) is 0 Å². The van der Waals surface area contributed by atoms with Gasteiger partial charge in [-0.2, -0.15) is 0 Å². The number of anilines is 1. The highest BCUT2D eigenvalue weighted by Gasteiger charge is 2.20. The summed E-state index contributed by atoms with van der Waals surface area (Å²) in [4.78, 5) is 2.15. The van der Waals surface area contributed by atoms with Crippen LogP contribution in [0.1, 0.15) is 12.8 Å². The first-order chi connectivity index (χ1) is 10.3. The monoisotopic (exact) mass is 308 g/mol. The summed E-state index contributed by atoms with van der Waals surface area (Å²) in [6, 6.07) is 8.09. The van der Waals surface area contributed by atoms with E-state index in [1.165, 1.54) is 0 Å². The molecule has 1 saturated heterocycles. The Kier molecular flexibility index (Phi) is 4.51. The van der Waals surface area contributed by atoms with Crippen LogP contribution in [0, 0.1) is 0 Å². The minimum atomic E-state index is -0.295. The maximum Gasteiger partial charge on any atom is 0.159 e. The van der Waals surface area contributed by atoms with E-state index in [2.05, 4.69) is 20.4 Å². The molecule has 1 N–H and O–H groups in total. The average Bonchev–Trinajstić information content (AvgIpc) is 2.51. The van der Waals surface area contributed by atoms with Crippen LogP contribution in [0.2, 0.25) is 5.15 Å². The van der Waals surface area contributed by atoms with Crippen LogP contribution in [-0.4, -0.2) is 47.4 Å². The third-order valence-corrected chi connectivity index (χ3v) is 4.17. The summed E-state index contributed by atoms with van der Waals surface area (Å²) >= 11 is 6.08. The van der Waals surface area contributed by atoms with Crippen LogP contribution in [0.5, 0.6) is 0 Å². The molecule has 112 valence electrons. The van der Waals surface area contributed by atoms with E-state index in [1.807, 2.05) is 24.3 Å². The number of likely N-dealkylation sites (tertiary alicyclic amines) is 1. The van der Waals surface area contributed by atoms with Gasteiger partial charge in [0.05, 0.1) is 0 Å². The average molecular weight is 309 g/mol. The maximum atomic E-state index is 12.5. The molecule has 1 aliphatic rings. The highest BCUT2D eigenvalue weighted by Crippen LogP contribution is 2.26. The van der Waals surface area contributed by atoms with Gasteiger partial charge in [-0.25, -0.2) is 4.39 Å². The second-order valence-corrected chi connectivity index (χ2v) is 5.72. The number of nitrogens with one attached hydrogen (secondary N) is 1. The van der Waals surface area contributed by atoms with E-state index in [-0.39, 0.29) is 12.7 Å². The molecule has 1 aliphatic heterocycles. The molecule has 0 unspecified atom stereocenters. The molecular formula is C15H18ClFN4. The van der Waals surface area contributed by atoms with Crippen molar-refractivity contribution in [3.8, 4) is 0 Å². The van der Waals surface area contributed by atoms with Gasteiger partial charge in [-0.1, -0.05) is 35.9 Å². The van der Waals surface area contributed by atoms with Gasteiger partial charge in [0.1, 0.15) is 6.67 Å². The highest BCUT2D eigenvalue weighted by atomic mass is 35.5. The molecule has 3 rings (SSSR count). The van der Waals surface area contributed by atoms with Crippen molar-refractivity contribution < 1.29 is 4.39 Å². The molecular weight excluding hydrogens is 291 g/mol. The van der Waals surface area contributed by atoms with E-state index in [0.717, 1.165) is 42.5 Å². The number of benzene rings is 1. The Morgan fingerprint density at radius 2 is 2.10 bits per heavy atom. The van der Waals surface area contributed by atoms with Gasteiger partial charge in [-0.05, 0) is 19.4 Å². The predicted molar refractivity (Wildman–Crippen MR) is 83.6 cm³/mol. The molecule has 21 heavy (non-hydrogen) atoms. The van der Waals surface area contributed by atoms with Crippen LogP contribution in [0.15, 0.2) is 24.3 Å². The summed E-state index contributed by atoms with van der Waals surface area (Å²) in [6.07, 6.45) is 2.12. The van der Waals surface area contributed by atoms with Gasteiger partial charge in [-0.3, -0.25) is 4.90 Å². The molecule has 1 aromatic heterocycles. The molecule has 0 radical (unpaired) electrons. The van der Waals surface area contributed by atoms with E-state index in [1.54, 1.807) is 0 Å². The fourth-order valence-corrected chi connectivity index (χ4v) is 3.07. The number of rotatable bonds is 4. The van der Waals surface area contributed by atoms with Gasteiger partial charge >= 0.3 is 0 Å². The minimum absolute atomic E-state index is 0.268. The van der Waals surface area contributed by atoms with Crippen LogP contribution in [0.25, 0.3) is 10.8 Å². The summed E-state index contributed by atoms with van der Waals surface area (Å²) in [5.74, 6) is 0.752. The van der Waals surface area contributed by atoms with Crippen LogP contribution < -0.4 is 5.32 Å². The van der Waals surface area contributed by atoms with Crippen LogP contribution in [-0.2, 0) is 0 Å². The third kappa shape index (κ3) is 3.24. The zero-order valence-corrected chi connectivity index (χ0v) is 12.5. The van der Waals surface area contributed by atoms with Gasteiger partial charge < -0.3 is 5.32 Å². The lowest BCUT2D eigenvalue weighted by atomic mass is 10.1. The van der Waals surface area contributed by atoms with Gasteiger partial charge in [0.2, 0.25) is 0 Å². The van der Waals surface area contributed by atoms with E-state index < -0.39 is 0 Å². The number of piperidine rings is 1. The van der Waals surface area contributed by atoms with Crippen molar-refractivity contribution in [1.29, 1.82) is 0 Å². The highest BCUT2D eigenvalue weighted by molar-refractivity contribution is 6.34. The number of aromatic nitrogens is 2. The number of alkyl halides is 1. The van der Waals surface area contributed by atoms with Crippen LogP contribution >= 0.6 is 11.6 Å². The Bertz CT molecular complexity index is 620. The lowest BCUT2D eigenvalue weighted by Gasteiger charge is -2.32. The maximum absolute atomic E-state index is 12.5. The third-order valence-electron chi connectivity index (χ3n) is 3.89. The van der Waals surface area contributed by atoms with E-state index >= 15 is 0 Å². The molecule has 1 fully saturated rings. The molecule has 0 amide bonds. The molecule has 0 bridgehead atoms. The lowest BCUT2D eigenvalue weighted by Crippen LogP contribution is -2.43. The van der Waals surface area contributed by atoms with Crippen LogP contribution in [0.4, 0.5) is 10.2 Å². The second kappa shape index (κ2) is 6.54. The predicted octanol–water partition coefficient (Wildman–Crippen LogP) is 3.13. The van der Waals surface area contributed by atoms with Crippen molar-refractivity contribution >= 4 is 28.2 Å². The first-order valence-electron chi connectivity index (χ1n) is 7.23. The first-order valence-corrected chi connectivity index (χ1v) is 7.61. The van der Waals surface area contributed by atoms with Crippen LogP contribution in [0.3, 0.4) is 0 Å². The number of nitrogens with zero attached hydrogens (tertiary/aromatic N) is 3. The number of hydrogen-bond donors (Lipinski definition) is 1. The SMILES string of the molecule is FCCN1CCC[C@@H](Nc2nnc(Cl)c3ccccc23)C1. The van der Waals surface area contributed by atoms with E-state index in [4.69, 9.17) is 11.6 Å². The summed E-state index contributed by atoms with van der Waals surface area (Å²) < 4.78 is 12.5. The summed E-state index contributed by atoms with van der Waals surface area (Å²) in [5.41, 5.74) is 0. The van der Waals surface area contributed by atoms with Crippen molar-refractivity contribution in [1.82, 2.24) is 15.1 Å². The summed E-state index contributed by atoms with van der Waals surface area (Å²) in [7, 11) is 0. The Morgan fingerprint density at radius 1 is 1.29 bits per heavy atom. The molecule has 0 aliphatic carbocycles.